The third-order valence-electron chi connectivity index (χ3n) is 1.90. The molecule has 0 spiro atoms. The van der Waals surface area contributed by atoms with Gasteiger partial charge in [0.15, 0.2) is 0 Å². The van der Waals surface area contributed by atoms with Crippen LogP contribution in [-0.4, -0.2) is 13.1 Å². The second-order valence-electron chi connectivity index (χ2n) is 3.13. The van der Waals surface area contributed by atoms with E-state index in [0.29, 0.717) is 5.69 Å². The first-order valence-corrected chi connectivity index (χ1v) is 4.99. The average molecular weight is 217 g/mol. The Morgan fingerprint density at radius 1 is 1.29 bits per heavy atom. The van der Waals surface area contributed by atoms with Gasteiger partial charge in [-0.1, -0.05) is 11.6 Å². The summed E-state index contributed by atoms with van der Waals surface area (Å²) in [6.45, 7) is 2.50. The van der Waals surface area contributed by atoms with Crippen molar-refractivity contribution in [3.05, 3.63) is 29.0 Å². The first-order valence-electron chi connectivity index (χ1n) is 4.61. The maximum absolute atomic E-state index is 12.3. The zero-order chi connectivity index (χ0) is 10.4. The number of anilines is 1. The summed E-state index contributed by atoms with van der Waals surface area (Å²) in [6, 6.07) is 4.07. The van der Waals surface area contributed by atoms with E-state index in [0.717, 1.165) is 0 Å². The van der Waals surface area contributed by atoms with Crippen LogP contribution in [0.15, 0.2) is 18.2 Å². The maximum atomic E-state index is 12.3. The highest BCUT2D eigenvalue weighted by Gasteiger charge is 1.96. The van der Waals surface area contributed by atoms with Crippen LogP contribution < -0.4 is 11.1 Å². The molecule has 1 heterocycles. The highest BCUT2D eigenvalue weighted by atomic mass is 35.5. The minimum absolute atomic E-state index is 0.0648. The van der Waals surface area contributed by atoms with Crippen molar-refractivity contribution in [3.63, 3.8) is 0 Å². The lowest BCUT2D eigenvalue weighted by molar-refractivity contribution is 0.628. The number of nitrogen functional groups attached to an aromatic ring is 1. The highest BCUT2D eigenvalue weighted by Crippen LogP contribution is 2.16. The molecule has 1 fully saturated rings. The summed E-state index contributed by atoms with van der Waals surface area (Å²) >= 11 is 5.36. The maximum Gasteiger partial charge on any atom is 0.141 e. The molecule has 4 heteroatoms. The van der Waals surface area contributed by atoms with Crippen molar-refractivity contribution in [2.45, 2.75) is 12.8 Å². The lowest BCUT2D eigenvalue weighted by atomic mass is 10.3. The smallest absolute Gasteiger partial charge is 0.141 e. The van der Waals surface area contributed by atoms with Gasteiger partial charge in [-0.25, -0.2) is 4.39 Å². The van der Waals surface area contributed by atoms with E-state index in [1.54, 1.807) is 0 Å². The monoisotopic (exact) mass is 216 g/mol. The van der Waals surface area contributed by atoms with Gasteiger partial charge < -0.3 is 11.1 Å². The molecule has 0 amide bonds. The predicted octanol–water partition coefficient (Wildman–Crippen LogP) is 2.43. The number of rotatable bonds is 0. The SMILES string of the molecule is C1CCNC1.Nc1ccc(F)c(Cl)c1. The molecule has 1 aromatic rings. The van der Waals surface area contributed by atoms with Gasteiger partial charge in [-0.2, -0.15) is 0 Å². The van der Waals surface area contributed by atoms with Crippen molar-refractivity contribution in [2.24, 2.45) is 0 Å². The van der Waals surface area contributed by atoms with Crippen LogP contribution in [0.5, 0.6) is 0 Å². The van der Waals surface area contributed by atoms with Gasteiger partial charge in [-0.15, -0.1) is 0 Å². The molecule has 1 aromatic carbocycles. The summed E-state index contributed by atoms with van der Waals surface area (Å²) in [4.78, 5) is 0. The van der Waals surface area contributed by atoms with Gasteiger partial charge in [-0.3, -0.25) is 0 Å². The lowest BCUT2D eigenvalue weighted by Gasteiger charge is -1.93. The number of hydrogen-bond donors (Lipinski definition) is 2. The largest absolute Gasteiger partial charge is 0.399 e. The second-order valence-corrected chi connectivity index (χ2v) is 3.54. The Labute approximate surface area is 88.2 Å². The van der Waals surface area contributed by atoms with E-state index in [-0.39, 0.29) is 5.02 Å². The Bertz CT molecular complexity index is 280. The molecule has 1 saturated heterocycles. The van der Waals surface area contributed by atoms with Crippen LogP contribution in [-0.2, 0) is 0 Å². The van der Waals surface area contributed by atoms with Crippen molar-refractivity contribution in [1.29, 1.82) is 0 Å². The molecule has 14 heavy (non-hydrogen) atoms. The van der Waals surface area contributed by atoms with Gasteiger partial charge in [-0.05, 0) is 44.1 Å². The molecule has 0 saturated carbocycles. The van der Waals surface area contributed by atoms with E-state index in [4.69, 9.17) is 17.3 Å². The molecule has 2 rings (SSSR count). The van der Waals surface area contributed by atoms with Gasteiger partial charge >= 0.3 is 0 Å². The Kier molecular flexibility index (Phi) is 4.70. The number of hydrogen-bond acceptors (Lipinski definition) is 2. The zero-order valence-corrected chi connectivity index (χ0v) is 8.65. The third-order valence-corrected chi connectivity index (χ3v) is 2.19. The molecule has 2 nitrogen and oxygen atoms in total. The third kappa shape index (κ3) is 3.94. The molecule has 0 aromatic heterocycles. The van der Waals surface area contributed by atoms with Gasteiger partial charge in [0, 0.05) is 5.69 Å². The highest BCUT2D eigenvalue weighted by molar-refractivity contribution is 6.31. The van der Waals surface area contributed by atoms with Crippen LogP contribution in [0.2, 0.25) is 5.02 Å². The molecule has 3 N–H and O–H groups in total. The van der Waals surface area contributed by atoms with Gasteiger partial charge in [0.2, 0.25) is 0 Å². The summed E-state index contributed by atoms with van der Waals surface area (Å²) < 4.78 is 12.3. The molecule has 78 valence electrons. The molecule has 0 bridgehead atoms. The first-order chi connectivity index (χ1) is 6.70. The first kappa shape index (κ1) is 11.3. The van der Waals surface area contributed by atoms with Crippen molar-refractivity contribution < 1.29 is 4.39 Å². The average Bonchev–Trinajstić information content (AvgIpc) is 2.69. The van der Waals surface area contributed by atoms with Crippen molar-refractivity contribution in [2.75, 3.05) is 18.8 Å². The molecule has 0 atom stereocenters. The Balaban J connectivity index is 0.000000165. The number of benzene rings is 1. The number of nitrogens with two attached hydrogens (primary N) is 1. The Morgan fingerprint density at radius 2 is 1.93 bits per heavy atom. The molecule has 0 unspecified atom stereocenters. The fourth-order valence-corrected chi connectivity index (χ4v) is 1.33. The van der Waals surface area contributed by atoms with Crippen LogP contribution in [0.25, 0.3) is 0 Å². The Morgan fingerprint density at radius 3 is 2.29 bits per heavy atom. The topological polar surface area (TPSA) is 38.0 Å². The van der Waals surface area contributed by atoms with Crippen LogP contribution in [0.4, 0.5) is 10.1 Å². The normalized spacial score (nSPS) is 14.7. The molecule has 0 aliphatic carbocycles. The van der Waals surface area contributed by atoms with Crippen molar-refractivity contribution >= 4 is 17.3 Å². The summed E-state index contributed by atoms with van der Waals surface area (Å²) in [5.41, 5.74) is 5.75. The summed E-state index contributed by atoms with van der Waals surface area (Å²) in [6.07, 6.45) is 2.78. The predicted molar refractivity (Wildman–Crippen MR) is 57.9 cm³/mol. The van der Waals surface area contributed by atoms with Gasteiger partial charge in [0.25, 0.3) is 0 Å². The fraction of sp³-hybridized carbons (Fsp3) is 0.400. The molecule has 0 radical (unpaired) electrons. The summed E-state index contributed by atoms with van der Waals surface area (Å²) in [7, 11) is 0. The van der Waals surface area contributed by atoms with E-state index < -0.39 is 5.82 Å². The number of halogens is 2. The summed E-state index contributed by atoms with van der Waals surface area (Å²) in [5.74, 6) is -0.439. The summed E-state index contributed by atoms with van der Waals surface area (Å²) in [5, 5.41) is 3.29. The van der Waals surface area contributed by atoms with Crippen molar-refractivity contribution in [1.82, 2.24) is 5.32 Å². The van der Waals surface area contributed by atoms with E-state index in [2.05, 4.69) is 5.32 Å². The van der Waals surface area contributed by atoms with Crippen LogP contribution in [0, 0.1) is 5.82 Å². The molecule has 1 aliphatic heterocycles. The number of nitrogens with one attached hydrogen (secondary N) is 1. The quantitative estimate of drug-likeness (QED) is 0.654. The second kappa shape index (κ2) is 5.83. The Hall–Kier alpha value is -0.800. The standard InChI is InChI=1S/C6H5ClFN.C4H9N/c7-5-3-4(9)1-2-6(5)8;1-2-4-5-3-1/h1-3H,9H2;5H,1-4H2. The molecular weight excluding hydrogens is 203 g/mol. The minimum Gasteiger partial charge on any atom is -0.399 e. The fourth-order valence-electron chi connectivity index (χ4n) is 1.14. The van der Waals surface area contributed by atoms with Crippen molar-refractivity contribution in [3.8, 4) is 0 Å². The van der Waals surface area contributed by atoms with E-state index >= 15 is 0 Å². The van der Waals surface area contributed by atoms with Gasteiger partial charge in [0.1, 0.15) is 5.82 Å². The lowest BCUT2D eigenvalue weighted by Crippen LogP contribution is -2.03. The van der Waals surface area contributed by atoms with Gasteiger partial charge in [0.05, 0.1) is 5.02 Å². The van der Waals surface area contributed by atoms with E-state index in [1.165, 1.54) is 44.1 Å². The minimum atomic E-state index is -0.439. The molecular formula is C10H14ClFN2. The molecule has 1 aliphatic rings. The van der Waals surface area contributed by atoms with Crippen LogP contribution in [0.1, 0.15) is 12.8 Å². The zero-order valence-electron chi connectivity index (χ0n) is 7.89. The van der Waals surface area contributed by atoms with E-state index in [1.807, 2.05) is 0 Å². The van der Waals surface area contributed by atoms with E-state index in [9.17, 15) is 4.39 Å². The van der Waals surface area contributed by atoms with Crippen LogP contribution >= 0.6 is 11.6 Å². The van der Waals surface area contributed by atoms with Crippen LogP contribution in [0.3, 0.4) is 0 Å².